The molecule has 1 heterocycles. The van der Waals surface area contributed by atoms with E-state index in [1.165, 1.54) is 0 Å². The third kappa shape index (κ3) is 3.26. The van der Waals surface area contributed by atoms with Gasteiger partial charge in [-0.25, -0.2) is 14.2 Å². The van der Waals surface area contributed by atoms with Gasteiger partial charge in [-0.05, 0) is 0 Å². The molecule has 4 nitrogen and oxygen atoms in total. The molecule has 17 heavy (non-hydrogen) atoms. The van der Waals surface area contributed by atoms with Crippen LogP contribution >= 0.6 is 0 Å². The van der Waals surface area contributed by atoms with Crippen molar-refractivity contribution in [2.45, 2.75) is 13.0 Å². The minimum Gasteiger partial charge on any atom is -0.478 e. The fraction of sp³-hybridized carbons (Fsp3) is 0.250. The van der Waals surface area contributed by atoms with E-state index in [4.69, 9.17) is 5.11 Å². The van der Waals surface area contributed by atoms with Crippen LogP contribution in [-0.4, -0.2) is 22.4 Å². The minimum absolute atomic E-state index is 0.229. The number of aromatic carboxylic acids is 1. The number of pyridine rings is 1. The Labute approximate surface area is 90.6 Å². The Morgan fingerprint density at radius 2 is 2.06 bits per heavy atom. The molecule has 0 amide bonds. The molecule has 0 fully saturated rings. The lowest BCUT2D eigenvalue weighted by atomic mass is 10.2. The zero-order chi connectivity index (χ0) is 13.2. The summed E-state index contributed by atoms with van der Waals surface area (Å²) in [5.41, 5.74) is -2.11. The molecule has 9 heteroatoms. The average molecular weight is 257 g/mol. The van der Waals surface area contributed by atoms with E-state index in [0.29, 0.717) is 0 Å². The maximum Gasteiger partial charge on any atom is 0.573 e. The molecule has 0 atom stereocenters. The smallest absolute Gasteiger partial charge is 0.478 e. The zero-order valence-corrected chi connectivity index (χ0v) is 7.89. The van der Waals surface area contributed by atoms with Crippen LogP contribution in [-0.2, 0) is 6.67 Å². The Kier molecular flexibility index (Phi) is 3.49. The monoisotopic (exact) mass is 257 g/mol. The topological polar surface area (TPSA) is 59.4 Å². The quantitative estimate of drug-likeness (QED) is 0.666. The van der Waals surface area contributed by atoms with Crippen LogP contribution in [0.2, 0.25) is 0 Å². The molecule has 0 aliphatic rings. The first-order valence-corrected chi connectivity index (χ1v) is 3.99. The van der Waals surface area contributed by atoms with Crippen LogP contribution in [0.3, 0.4) is 0 Å². The number of aromatic nitrogens is 1. The third-order valence-corrected chi connectivity index (χ3v) is 1.60. The van der Waals surface area contributed by atoms with Crippen molar-refractivity contribution in [3.63, 3.8) is 0 Å². The van der Waals surface area contributed by atoms with Crippen LogP contribution in [0.15, 0.2) is 6.07 Å². The summed E-state index contributed by atoms with van der Waals surface area (Å²) in [6.45, 7) is -1.53. The number of nitrogens with zero attached hydrogens (tertiary/aromatic N) is 1. The number of carboxylic acids is 1. The lowest BCUT2D eigenvalue weighted by Crippen LogP contribution is -2.19. The third-order valence-electron chi connectivity index (χ3n) is 1.60. The molecular weight excluding hydrogens is 253 g/mol. The summed E-state index contributed by atoms with van der Waals surface area (Å²) in [6, 6.07) is 0.229. The van der Waals surface area contributed by atoms with Crippen LogP contribution in [0.1, 0.15) is 16.1 Å². The molecule has 94 valence electrons. The van der Waals surface area contributed by atoms with E-state index < -0.39 is 42.0 Å². The Hall–Kier alpha value is -1.93. The normalized spacial score (nSPS) is 11.4. The van der Waals surface area contributed by atoms with Gasteiger partial charge in [0, 0.05) is 6.07 Å². The van der Waals surface area contributed by atoms with E-state index in [1.54, 1.807) is 0 Å². The molecule has 0 spiro atoms. The number of carboxylic acid groups (broad SMARTS) is 1. The summed E-state index contributed by atoms with van der Waals surface area (Å²) in [5.74, 6) is -4.61. The summed E-state index contributed by atoms with van der Waals surface area (Å²) in [4.78, 5) is 13.2. The van der Waals surface area contributed by atoms with Crippen molar-refractivity contribution in [2.24, 2.45) is 0 Å². The fourth-order valence-electron chi connectivity index (χ4n) is 0.967. The fourth-order valence-corrected chi connectivity index (χ4v) is 0.967. The van der Waals surface area contributed by atoms with Crippen molar-refractivity contribution in [1.29, 1.82) is 0 Å². The molecule has 1 N–H and O–H groups in total. The predicted octanol–water partition coefficient (Wildman–Crippen LogP) is 2.29. The Bertz CT molecular complexity index is 446. The van der Waals surface area contributed by atoms with Gasteiger partial charge in [-0.1, -0.05) is 0 Å². The molecule has 0 unspecified atom stereocenters. The second-order valence-corrected chi connectivity index (χ2v) is 2.76. The molecule has 1 rings (SSSR count). The molecule has 0 aromatic carbocycles. The minimum atomic E-state index is -5.15. The number of hydrogen-bond acceptors (Lipinski definition) is 3. The van der Waals surface area contributed by atoms with Gasteiger partial charge in [0.2, 0.25) is 5.95 Å². The van der Waals surface area contributed by atoms with Crippen molar-refractivity contribution in [1.82, 2.24) is 4.98 Å². The molecule has 0 aliphatic heterocycles. The molecule has 0 saturated carbocycles. The van der Waals surface area contributed by atoms with E-state index in [1.807, 2.05) is 0 Å². The van der Waals surface area contributed by atoms with Gasteiger partial charge in [-0.3, -0.25) is 0 Å². The number of carbonyl (C=O) groups is 1. The number of alkyl halides is 4. The summed E-state index contributed by atoms with van der Waals surface area (Å²) >= 11 is 0. The van der Waals surface area contributed by atoms with Crippen molar-refractivity contribution in [2.75, 3.05) is 0 Å². The highest BCUT2D eigenvalue weighted by Crippen LogP contribution is 2.27. The van der Waals surface area contributed by atoms with Crippen LogP contribution in [0.4, 0.5) is 22.0 Å². The maximum atomic E-state index is 12.9. The van der Waals surface area contributed by atoms with E-state index in [9.17, 15) is 26.7 Å². The first-order valence-electron chi connectivity index (χ1n) is 3.99. The lowest BCUT2D eigenvalue weighted by molar-refractivity contribution is -0.275. The Morgan fingerprint density at radius 1 is 1.47 bits per heavy atom. The van der Waals surface area contributed by atoms with E-state index in [0.717, 1.165) is 0 Å². The maximum absolute atomic E-state index is 12.9. The summed E-state index contributed by atoms with van der Waals surface area (Å²) in [5, 5.41) is 8.44. The number of halogens is 5. The standard InChI is InChI=1S/C8H4F5NO3/c9-2-4-5(17-8(11,12)13)1-3(7(15)16)6(10)14-4/h1H,2H2,(H,15,16). The van der Waals surface area contributed by atoms with Crippen molar-refractivity contribution in [3.8, 4) is 5.75 Å². The largest absolute Gasteiger partial charge is 0.573 e. The van der Waals surface area contributed by atoms with Gasteiger partial charge in [0.1, 0.15) is 17.9 Å². The van der Waals surface area contributed by atoms with Crippen molar-refractivity contribution < 1.29 is 36.6 Å². The highest BCUT2D eigenvalue weighted by Gasteiger charge is 2.33. The van der Waals surface area contributed by atoms with Crippen molar-refractivity contribution >= 4 is 5.97 Å². The molecule has 1 aromatic rings. The molecular formula is C8H4F5NO3. The number of ether oxygens (including phenoxy) is 1. The molecule has 0 aliphatic carbocycles. The van der Waals surface area contributed by atoms with Crippen LogP contribution in [0.5, 0.6) is 5.75 Å². The van der Waals surface area contributed by atoms with Crippen LogP contribution in [0.25, 0.3) is 0 Å². The van der Waals surface area contributed by atoms with Gasteiger partial charge >= 0.3 is 12.3 Å². The first kappa shape index (κ1) is 13.1. The van der Waals surface area contributed by atoms with Gasteiger partial charge < -0.3 is 9.84 Å². The second kappa shape index (κ2) is 4.52. The highest BCUT2D eigenvalue weighted by molar-refractivity contribution is 5.88. The Balaban J connectivity index is 3.26. The molecule has 0 radical (unpaired) electrons. The first-order chi connectivity index (χ1) is 7.74. The average Bonchev–Trinajstić information content (AvgIpc) is 2.17. The Morgan fingerprint density at radius 3 is 2.47 bits per heavy atom. The van der Waals surface area contributed by atoms with Gasteiger partial charge in [0.15, 0.2) is 5.75 Å². The highest BCUT2D eigenvalue weighted by atomic mass is 19.4. The molecule has 0 bridgehead atoms. The van der Waals surface area contributed by atoms with Crippen LogP contribution in [0, 0.1) is 5.95 Å². The second-order valence-electron chi connectivity index (χ2n) is 2.76. The predicted molar refractivity (Wildman–Crippen MR) is 42.6 cm³/mol. The number of hydrogen-bond donors (Lipinski definition) is 1. The van der Waals surface area contributed by atoms with E-state index in [2.05, 4.69) is 9.72 Å². The summed E-state index contributed by atoms with van der Waals surface area (Å²) < 4.78 is 64.1. The van der Waals surface area contributed by atoms with E-state index >= 15 is 0 Å². The SMILES string of the molecule is O=C(O)c1cc(OC(F)(F)F)c(CF)nc1F. The van der Waals surface area contributed by atoms with Crippen LogP contribution < -0.4 is 4.74 Å². The summed E-state index contributed by atoms with van der Waals surface area (Å²) in [6.07, 6.45) is -5.15. The molecule has 0 saturated heterocycles. The summed E-state index contributed by atoms with van der Waals surface area (Å²) in [7, 11) is 0. The van der Waals surface area contributed by atoms with Gasteiger partial charge in [0.05, 0.1) is 0 Å². The van der Waals surface area contributed by atoms with Gasteiger partial charge in [-0.2, -0.15) is 4.39 Å². The van der Waals surface area contributed by atoms with Gasteiger partial charge in [0.25, 0.3) is 0 Å². The number of rotatable bonds is 3. The van der Waals surface area contributed by atoms with Crippen molar-refractivity contribution in [3.05, 3.63) is 23.3 Å². The lowest BCUT2D eigenvalue weighted by Gasteiger charge is -2.11. The van der Waals surface area contributed by atoms with Gasteiger partial charge in [-0.15, -0.1) is 13.2 Å². The van der Waals surface area contributed by atoms with E-state index in [-0.39, 0.29) is 6.07 Å². The molecule has 1 aromatic heterocycles. The zero-order valence-electron chi connectivity index (χ0n) is 7.89.